The molecule has 1 amide bonds. The van der Waals surface area contributed by atoms with Gasteiger partial charge < -0.3 is 0 Å². The van der Waals surface area contributed by atoms with Crippen LogP contribution in [0.15, 0.2) is 109 Å². The van der Waals surface area contributed by atoms with E-state index in [4.69, 9.17) is 0 Å². The normalized spacial score (nSPS) is 10.7. The molecule has 0 aliphatic carbocycles. The summed E-state index contributed by atoms with van der Waals surface area (Å²) in [6.07, 6.45) is 0. The molecule has 142 valence electrons. The standard InChI is InChI=1S/C26H21NO2/c28-26(27-29)25(23-15-7-13-21(17-23)19-9-3-1-4-10-19)24-16-8-14-22(18-24)20-11-5-2-6-12-20/h1-18,25,29H,(H,27,28). The number of benzene rings is 4. The fourth-order valence-corrected chi connectivity index (χ4v) is 3.62. The van der Waals surface area contributed by atoms with Gasteiger partial charge in [-0.2, -0.15) is 0 Å². The van der Waals surface area contributed by atoms with Crippen LogP contribution in [0.3, 0.4) is 0 Å². The van der Waals surface area contributed by atoms with Crippen molar-refractivity contribution in [1.82, 2.24) is 5.48 Å². The number of amides is 1. The smallest absolute Gasteiger partial charge is 0.255 e. The second-order valence-corrected chi connectivity index (χ2v) is 6.89. The summed E-state index contributed by atoms with van der Waals surface area (Å²) in [5.41, 5.74) is 7.70. The van der Waals surface area contributed by atoms with Crippen LogP contribution in [0.25, 0.3) is 22.3 Å². The number of hydroxylamine groups is 1. The van der Waals surface area contributed by atoms with E-state index in [2.05, 4.69) is 0 Å². The summed E-state index contributed by atoms with van der Waals surface area (Å²) in [7, 11) is 0. The van der Waals surface area contributed by atoms with Gasteiger partial charge in [0.1, 0.15) is 0 Å². The van der Waals surface area contributed by atoms with E-state index in [1.807, 2.05) is 115 Å². The van der Waals surface area contributed by atoms with Gasteiger partial charge >= 0.3 is 0 Å². The van der Waals surface area contributed by atoms with E-state index in [0.29, 0.717) is 0 Å². The second-order valence-electron chi connectivity index (χ2n) is 6.89. The van der Waals surface area contributed by atoms with Crippen LogP contribution in [0.2, 0.25) is 0 Å². The maximum Gasteiger partial charge on any atom is 0.255 e. The number of carbonyl (C=O) groups excluding carboxylic acids is 1. The van der Waals surface area contributed by atoms with E-state index in [9.17, 15) is 10.0 Å². The lowest BCUT2D eigenvalue weighted by Gasteiger charge is -2.18. The Kier molecular flexibility index (Phi) is 5.50. The number of hydrogen-bond donors (Lipinski definition) is 2. The quantitative estimate of drug-likeness (QED) is 0.347. The SMILES string of the molecule is O=C(NO)C(c1cccc(-c2ccccc2)c1)c1cccc(-c2ccccc2)c1. The Morgan fingerprint density at radius 1 is 0.586 bits per heavy atom. The summed E-state index contributed by atoms with van der Waals surface area (Å²) in [4.78, 5) is 12.6. The second kappa shape index (κ2) is 8.55. The number of hydrogen-bond acceptors (Lipinski definition) is 2. The fourth-order valence-electron chi connectivity index (χ4n) is 3.62. The van der Waals surface area contributed by atoms with Crippen molar-refractivity contribution >= 4 is 5.91 Å². The molecule has 0 unspecified atom stereocenters. The molecule has 0 fully saturated rings. The van der Waals surface area contributed by atoms with E-state index in [1.54, 1.807) is 0 Å². The molecule has 0 atom stereocenters. The Labute approximate surface area is 170 Å². The van der Waals surface area contributed by atoms with Crippen molar-refractivity contribution in [2.24, 2.45) is 0 Å². The number of carbonyl (C=O) groups is 1. The lowest BCUT2D eigenvalue weighted by molar-refractivity contribution is -0.129. The van der Waals surface area contributed by atoms with Crippen molar-refractivity contribution < 1.29 is 10.0 Å². The summed E-state index contributed by atoms with van der Waals surface area (Å²) >= 11 is 0. The minimum absolute atomic E-state index is 0.458. The number of rotatable bonds is 5. The first-order valence-electron chi connectivity index (χ1n) is 9.51. The third kappa shape index (κ3) is 4.10. The molecule has 0 heterocycles. The molecule has 0 aliphatic heterocycles. The van der Waals surface area contributed by atoms with Crippen LogP contribution < -0.4 is 5.48 Å². The zero-order valence-electron chi connectivity index (χ0n) is 15.8. The predicted molar refractivity (Wildman–Crippen MR) is 116 cm³/mol. The molecule has 0 saturated heterocycles. The van der Waals surface area contributed by atoms with Crippen molar-refractivity contribution in [3.05, 3.63) is 120 Å². The van der Waals surface area contributed by atoms with E-state index in [0.717, 1.165) is 33.4 Å². The highest BCUT2D eigenvalue weighted by atomic mass is 16.5. The van der Waals surface area contributed by atoms with Crippen LogP contribution in [0.4, 0.5) is 0 Å². The molecular weight excluding hydrogens is 358 g/mol. The van der Waals surface area contributed by atoms with Crippen LogP contribution in [-0.4, -0.2) is 11.1 Å². The first-order valence-corrected chi connectivity index (χ1v) is 9.51. The fraction of sp³-hybridized carbons (Fsp3) is 0.0385. The predicted octanol–water partition coefficient (Wildman–Crippen LogP) is 5.66. The molecule has 3 heteroatoms. The lowest BCUT2D eigenvalue weighted by Crippen LogP contribution is -2.27. The maximum absolute atomic E-state index is 12.6. The topological polar surface area (TPSA) is 49.3 Å². The first kappa shape index (κ1) is 18.7. The Bertz CT molecular complexity index is 1020. The highest BCUT2D eigenvalue weighted by Crippen LogP contribution is 2.31. The van der Waals surface area contributed by atoms with Gasteiger partial charge in [0.05, 0.1) is 5.92 Å². The molecule has 3 nitrogen and oxygen atoms in total. The Morgan fingerprint density at radius 3 is 1.41 bits per heavy atom. The van der Waals surface area contributed by atoms with Crippen molar-refractivity contribution in [3.63, 3.8) is 0 Å². The molecule has 0 aromatic heterocycles. The Balaban J connectivity index is 1.78. The average Bonchev–Trinajstić information content (AvgIpc) is 2.81. The van der Waals surface area contributed by atoms with Gasteiger partial charge in [-0.15, -0.1) is 0 Å². The molecular formula is C26H21NO2. The molecule has 0 spiro atoms. The lowest BCUT2D eigenvalue weighted by atomic mass is 9.87. The Hall–Kier alpha value is -3.69. The van der Waals surface area contributed by atoms with Gasteiger partial charge in [0.2, 0.25) is 0 Å². The minimum Gasteiger partial charge on any atom is -0.289 e. The van der Waals surface area contributed by atoms with Gasteiger partial charge in [-0.25, -0.2) is 5.48 Å². The highest BCUT2D eigenvalue weighted by Gasteiger charge is 2.23. The highest BCUT2D eigenvalue weighted by molar-refractivity contribution is 5.87. The van der Waals surface area contributed by atoms with Crippen LogP contribution in [0, 0.1) is 0 Å². The van der Waals surface area contributed by atoms with E-state index in [-0.39, 0.29) is 0 Å². The molecule has 4 aromatic carbocycles. The first-order chi connectivity index (χ1) is 14.3. The molecule has 2 N–H and O–H groups in total. The van der Waals surface area contributed by atoms with Gasteiger partial charge in [-0.1, -0.05) is 109 Å². The minimum atomic E-state index is -0.618. The van der Waals surface area contributed by atoms with Crippen molar-refractivity contribution in [3.8, 4) is 22.3 Å². The van der Waals surface area contributed by atoms with Crippen LogP contribution in [-0.2, 0) is 4.79 Å². The van der Waals surface area contributed by atoms with E-state index in [1.165, 1.54) is 0 Å². The van der Waals surface area contributed by atoms with Crippen molar-refractivity contribution in [1.29, 1.82) is 0 Å². The van der Waals surface area contributed by atoms with Crippen molar-refractivity contribution in [2.75, 3.05) is 0 Å². The maximum atomic E-state index is 12.6. The Morgan fingerprint density at radius 2 is 1.00 bits per heavy atom. The van der Waals surface area contributed by atoms with E-state index >= 15 is 0 Å². The van der Waals surface area contributed by atoms with Crippen LogP contribution in [0.5, 0.6) is 0 Å². The van der Waals surface area contributed by atoms with Crippen LogP contribution >= 0.6 is 0 Å². The average molecular weight is 379 g/mol. The molecule has 29 heavy (non-hydrogen) atoms. The molecule has 0 aliphatic rings. The molecule has 4 rings (SSSR count). The molecule has 0 saturated carbocycles. The largest absolute Gasteiger partial charge is 0.289 e. The van der Waals surface area contributed by atoms with Gasteiger partial charge in [0.25, 0.3) is 5.91 Å². The third-order valence-corrected chi connectivity index (χ3v) is 5.03. The third-order valence-electron chi connectivity index (χ3n) is 5.03. The van der Waals surface area contributed by atoms with Gasteiger partial charge in [-0.05, 0) is 33.4 Å². The summed E-state index contributed by atoms with van der Waals surface area (Å²) < 4.78 is 0. The summed E-state index contributed by atoms with van der Waals surface area (Å²) in [5.74, 6) is -1.08. The molecule has 4 aromatic rings. The van der Waals surface area contributed by atoms with Gasteiger partial charge in [-0.3, -0.25) is 10.0 Å². The van der Waals surface area contributed by atoms with Crippen molar-refractivity contribution in [2.45, 2.75) is 5.92 Å². The van der Waals surface area contributed by atoms with E-state index < -0.39 is 11.8 Å². The zero-order chi connectivity index (χ0) is 20.1. The van der Waals surface area contributed by atoms with Crippen LogP contribution in [0.1, 0.15) is 17.0 Å². The number of nitrogens with one attached hydrogen (secondary N) is 1. The molecule has 0 bridgehead atoms. The van der Waals surface area contributed by atoms with Gasteiger partial charge in [0, 0.05) is 0 Å². The monoisotopic (exact) mass is 379 g/mol. The summed E-state index contributed by atoms with van der Waals surface area (Å²) in [6.45, 7) is 0. The summed E-state index contributed by atoms with van der Waals surface area (Å²) in [5, 5.41) is 9.40. The van der Waals surface area contributed by atoms with Gasteiger partial charge in [0.15, 0.2) is 0 Å². The summed E-state index contributed by atoms with van der Waals surface area (Å²) in [6, 6.07) is 35.8. The zero-order valence-corrected chi connectivity index (χ0v) is 15.8. The molecule has 0 radical (unpaired) electrons.